The van der Waals surface area contributed by atoms with Gasteiger partial charge < -0.3 is 15.2 Å². The van der Waals surface area contributed by atoms with Crippen LogP contribution in [-0.4, -0.2) is 30.4 Å². The van der Waals surface area contributed by atoms with Gasteiger partial charge in [0.1, 0.15) is 12.4 Å². The third-order valence-corrected chi connectivity index (χ3v) is 4.73. The van der Waals surface area contributed by atoms with Crippen LogP contribution in [0.2, 0.25) is 0 Å². The van der Waals surface area contributed by atoms with Crippen molar-refractivity contribution < 1.29 is 9.84 Å². The zero-order valence-electron chi connectivity index (χ0n) is 13.6. The SMILES string of the molecule is CCNC(CO)(COc1ccc(C(C)CC)cc1)C1CC1. The summed E-state index contributed by atoms with van der Waals surface area (Å²) in [6, 6.07) is 8.38. The molecule has 1 aliphatic rings. The zero-order valence-corrected chi connectivity index (χ0v) is 13.6. The van der Waals surface area contributed by atoms with E-state index in [-0.39, 0.29) is 12.1 Å². The molecule has 2 N–H and O–H groups in total. The van der Waals surface area contributed by atoms with Crippen LogP contribution in [0.5, 0.6) is 5.75 Å². The Labute approximate surface area is 128 Å². The molecular formula is C18H29NO2. The lowest BCUT2D eigenvalue weighted by molar-refractivity contribution is 0.0864. The smallest absolute Gasteiger partial charge is 0.119 e. The van der Waals surface area contributed by atoms with Crippen molar-refractivity contribution in [3.05, 3.63) is 29.8 Å². The highest BCUT2D eigenvalue weighted by molar-refractivity contribution is 5.29. The van der Waals surface area contributed by atoms with E-state index in [0.717, 1.165) is 18.7 Å². The summed E-state index contributed by atoms with van der Waals surface area (Å²) in [4.78, 5) is 0. The number of nitrogens with one attached hydrogen (secondary N) is 1. The van der Waals surface area contributed by atoms with E-state index >= 15 is 0 Å². The molecule has 0 radical (unpaired) electrons. The Morgan fingerprint density at radius 3 is 2.43 bits per heavy atom. The minimum Gasteiger partial charge on any atom is -0.492 e. The van der Waals surface area contributed by atoms with E-state index in [1.807, 2.05) is 12.1 Å². The van der Waals surface area contributed by atoms with Gasteiger partial charge in [0.2, 0.25) is 0 Å². The van der Waals surface area contributed by atoms with Crippen LogP contribution in [0, 0.1) is 5.92 Å². The molecule has 3 heteroatoms. The molecule has 2 rings (SSSR count). The van der Waals surface area contributed by atoms with E-state index in [2.05, 4.69) is 38.2 Å². The Bertz CT molecular complexity index is 427. The Morgan fingerprint density at radius 1 is 1.29 bits per heavy atom. The molecule has 1 saturated carbocycles. The highest BCUT2D eigenvalue weighted by Gasteiger charge is 2.45. The molecule has 0 saturated heterocycles. The van der Waals surface area contributed by atoms with Crippen molar-refractivity contribution in [3.8, 4) is 5.75 Å². The highest BCUT2D eigenvalue weighted by atomic mass is 16.5. The highest BCUT2D eigenvalue weighted by Crippen LogP contribution is 2.40. The molecule has 0 bridgehead atoms. The van der Waals surface area contributed by atoms with Gasteiger partial charge in [-0.2, -0.15) is 0 Å². The predicted molar refractivity (Wildman–Crippen MR) is 86.9 cm³/mol. The Morgan fingerprint density at radius 2 is 1.95 bits per heavy atom. The second-order valence-electron chi connectivity index (χ2n) is 6.29. The van der Waals surface area contributed by atoms with Crippen molar-refractivity contribution in [1.82, 2.24) is 5.32 Å². The summed E-state index contributed by atoms with van der Waals surface area (Å²) in [6.45, 7) is 8.05. The van der Waals surface area contributed by atoms with Crippen molar-refractivity contribution in [1.29, 1.82) is 0 Å². The average Bonchev–Trinajstić information content (AvgIpc) is 3.36. The van der Waals surface area contributed by atoms with Gasteiger partial charge >= 0.3 is 0 Å². The van der Waals surface area contributed by atoms with E-state index in [9.17, 15) is 5.11 Å². The first kappa shape index (κ1) is 16.3. The van der Waals surface area contributed by atoms with Gasteiger partial charge in [-0.3, -0.25) is 0 Å². The molecule has 1 aliphatic carbocycles. The van der Waals surface area contributed by atoms with Crippen molar-refractivity contribution in [2.75, 3.05) is 19.8 Å². The van der Waals surface area contributed by atoms with Crippen LogP contribution in [0.4, 0.5) is 0 Å². The fourth-order valence-electron chi connectivity index (χ4n) is 2.87. The third kappa shape index (κ3) is 3.98. The maximum Gasteiger partial charge on any atom is 0.119 e. The number of aliphatic hydroxyl groups is 1. The number of hydrogen-bond donors (Lipinski definition) is 2. The number of benzene rings is 1. The van der Waals surface area contributed by atoms with Crippen LogP contribution in [0.15, 0.2) is 24.3 Å². The first-order chi connectivity index (χ1) is 10.1. The number of rotatable bonds is 9. The Balaban J connectivity index is 1.97. The normalized spacial score (nSPS) is 19.0. The van der Waals surface area contributed by atoms with Gasteiger partial charge in [-0.1, -0.05) is 32.9 Å². The van der Waals surface area contributed by atoms with E-state index in [1.54, 1.807) is 0 Å². The molecule has 2 atom stereocenters. The monoisotopic (exact) mass is 291 g/mol. The molecule has 3 nitrogen and oxygen atoms in total. The molecule has 0 aromatic heterocycles. The maximum absolute atomic E-state index is 9.80. The molecule has 0 spiro atoms. The maximum atomic E-state index is 9.80. The molecule has 0 heterocycles. The summed E-state index contributed by atoms with van der Waals surface area (Å²) < 4.78 is 5.96. The minimum absolute atomic E-state index is 0.135. The van der Waals surface area contributed by atoms with Crippen LogP contribution in [-0.2, 0) is 0 Å². The molecule has 1 aromatic rings. The summed E-state index contributed by atoms with van der Waals surface area (Å²) in [5, 5.41) is 13.2. The summed E-state index contributed by atoms with van der Waals surface area (Å²) in [7, 11) is 0. The quantitative estimate of drug-likeness (QED) is 0.733. The lowest BCUT2D eigenvalue weighted by Gasteiger charge is -2.33. The molecule has 1 aromatic carbocycles. The van der Waals surface area contributed by atoms with Crippen molar-refractivity contribution in [3.63, 3.8) is 0 Å². The first-order valence-corrected chi connectivity index (χ1v) is 8.23. The average molecular weight is 291 g/mol. The van der Waals surface area contributed by atoms with Crippen molar-refractivity contribution in [2.45, 2.75) is 51.5 Å². The summed E-state index contributed by atoms with van der Waals surface area (Å²) in [5.74, 6) is 2.02. The standard InChI is InChI=1S/C18H29NO2/c1-4-14(3)15-6-10-17(11-7-15)21-13-18(12-20,19-5-2)16-8-9-16/h6-7,10-11,14,16,19-20H,4-5,8-9,12-13H2,1-3H3. The van der Waals surface area contributed by atoms with Crippen molar-refractivity contribution in [2.24, 2.45) is 5.92 Å². The van der Waals surface area contributed by atoms with Crippen LogP contribution in [0.3, 0.4) is 0 Å². The van der Waals surface area contributed by atoms with Crippen LogP contribution in [0.25, 0.3) is 0 Å². The van der Waals surface area contributed by atoms with Gasteiger partial charge in [-0.05, 0) is 55.3 Å². The van der Waals surface area contributed by atoms with E-state index in [0.29, 0.717) is 18.4 Å². The topological polar surface area (TPSA) is 41.5 Å². The van der Waals surface area contributed by atoms with E-state index in [4.69, 9.17) is 4.74 Å². The second kappa shape index (κ2) is 7.28. The number of likely N-dealkylation sites (N-methyl/N-ethyl adjacent to an activating group) is 1. The van der Waals surface area contributed by atoms with Gasteiger partial charge in [-0.15, -0.1) is 0 Å². The van der Waals surface area contributed by atoms with E-state index < -0.39 is 0 Å². The minimum atomic E-state index is -0.274. The van der Waals surface area contributed by atoms with Gasteiger partial charge in [0.15, 0.2) is 0 Å². The number of hydrogen-bond acceptors (Lipinski definition) is 3. The number of aliphatic hydroxyl groups excluding tert-OH is 1. The number of ether oxygens (including phenoxy) is 1. The molecular weight excluding hydrogens is 262 g/mol. The van der Waals surface area contributed by atoms with Crippen LogP contribution >= 0.6 is 0 Å². The lowest BCUT2D eigenvalue weighted by Crippen LogP contribution is -2.55. The fourth-order valence-corrected chi connectivity index (χ4v) is 2.87. The van der Waals surface area contributed by atoms with Gasteiger partial charge in [0.05, 0.1) is 12.1 Å². The molecule has 1 fully saturated rings. The lowest BCUT2D eigenvalue weighted by atomic mass is 9.95. The fraction of sp³-hybridized carbons (Fsp3) is 0.667. The van der Waals surface area contributed by atoms with E-state index in [1.165, 1.54) is 18.4 Å². The summed E-state index contributed by atoms with van der Waals surface area (Å²) >= 11 is 0. The summed E-state index contributed by atoms with van der Waals surface area (Å²) in [5.41, 5.74) is 1.08. The molecule has 2 unspecified atom stereocenters. The molecule has 0 aliphatic heterocycles. The Hall–Kier alpha value is -1.06. The van der Waals surface area contributed by atoms with Crippen LogP contribution < -0.4 is 10.1 Å². The molecule has 21 heavy (non-hydrogen) atoms. The Kier molecular flexibility index (Phi) is 5.65. The molecule has 118 valence electrons. The first-order valence-electron chi connectivity index (χ1n) is 8.23. The summed E-state index contributed by atoms with van der Waals surface area (Å²) in [6.07, 6.45) is 3.52. The second-order valence-corrected chi connectivity index (χ2v) is 6.29. The molecule has 0 amide bonds. The van der Waals surface area contributed by atoms with Gasteiger partial charge in [0.25, 0.3) is 0 Å². The largest absolute Gasteiger partial charge is 0.492 e. The third-order valence-electron chi connectivity index (χ3n) is 4.73. The van der Waals surface area contributed by atoms with Crippen LogP contribution in [0.1, 0.15) is 51.5 Å². The zero-order chi connectivity index (χ0) is 15.3. The van der Waals surface area contributed by atoms with Gasteiger partial charge in [-0.25, -0.2) is 0 Å². The van der Waals surface area contributed by atoms with Crippen molar-refractivity contribution >= 4 is 0 Å². The van der Waals surface area contributed by atoms with Gasteiger partial charge in [0, 0.05) is 0 Å². The predicted octanol–water partition coefficient (Wildman–Crippen LogP) is 3.33.